The van der Waals surface area contributed by atoms with Crippen LogP contribution in [0, 0.1) is 5.92 Å². The Morgan fingerprint density at radius 3 is 2.12 bits per heavy atom. The molecular weight excluding hydrogens is 98.9 g/mol. The molecule has 0 aromatic heterocycles. The van der Waals surface area contributed by atoms with Crippen LogP contribution in [0.4, 0.5) is 0 Å². The van der Waals surface area contributed by atoms with Crippen molar-refractivity contribution in [2.24, 2.45) is 5.92 Å². The number of aliphatic hydroxyl groups excluding tert-OH is 1. The molecule has 1 unspecified atom stereocenters. The highest BCUT2D eigenvalue weighted by atomic mass is 16.3. The number of hydrogen-bond donors (Lipinski definition) is 1. The van der Waals surface area contributed by atoms with Gasteiger partial charge in [-0.05, 0) is 18.8 Å². The van der Waals surface area contributed by atoms with Gasteiger partial charge in [0.15, 0.2) is 0 Å². The van der Waals surface area contributed by atoms with Crippen LogP contribution in [0.5, 0.6) is 0 Å². The quantitative estimate of drug-likeness (QED) is 0.491. The minimum atomic E-state index is -0.558. The highest BCUT2D eigenvalue weighted by molar-refractivity contribution is 6.10. The number of aliphatic hydroxyl groups is 1. The van der Waals surface area contributed by atoms with E-state index in [0.717, 1.165) is 12.8 Å². The van der Waals surface area contributed by atoms with E-state index in [1.54, 1.807) is 0 Å². The second-order valence-electron chi connectivity index (χ2n) is 2.54. The molecule has 0 amide bonds. The van der Waals surface area contributed by atoms with Crippen LogP contribution in [0.25, 0.3) is 0 Å². The molecule has 0 spiro atoms. The van der Waals surface area contributed by atoms with Crippen molar-refractivity contribution in [3.8, 4) is 0 Å². The molecule has 44 valence electrons. The first-order chi connectivity index (χ1) is 3.80. The predicted molar refractivity (Wildman–Crippen MR) is 33.7 cm³/mol. The predicted octanol–water partition coefficient (Wildman–Crippen LogP) is 0.663. The van der Waals surface area contributed by atoms with Crippen molar-refractivity contribution >= 4 is 7.85 Å². The van der Waals surface area contributed by atoms with Crippen LogP contribution in [-0.4, -0.2) is 19.0 Å². The van der Waals surface area contributed by atoms with Gasteiger partial charge in [-0.2, -0.15) is 0 Å². The maximum absolute atomic E-state index is 8.83. The maximum atomic E-state index is 8.83. The molecule has 2 heteroatoms. The summed E-state index contributed by atoms with van der Waals surface area (Å²) in [7, 11) is 5.25. The molecule has 8 heavy (non-hydrogen) atoms. The summed E-state index contributed by atoms with van der Waals surface area (Å²) in [6, 6.07) is -0.558. The van der Waals surface area contributed by atoms with Gasteiger partial charge >= 0.3 is 0 Å². The van der Waals surface area contributed by atoms with Gasteiger partial charge < -0.3 is 5.11 Å². The van der Waals surface area contributed by atoms with Gasteiger partial charge in [-0.25, -0.2) is 0 Å². The Balaban J connectivity index is 2.24. The van der Waals surface area contributed by atoms with E-state index in [4.69, 9.17) is 13.0 Å². The summed E-state index contributed by atoms with van der Waals surface area (Å²) >= 11 is 0. The highest BCUT2D eigenvalue weighted by Crippen LogP contribution is 2.26. The molecule has 0 aromatic carbocycles. The summed E-state index contributed by atoms with van der Waals surface area (Å²) in [5.41, 5.74) is 0. The Morgan fingerprint density at radius 1 is 1.38 bits per heavy atom. The van der Waals surface area contributed by atoms with E-state index in [1.807, 2.05) is 0 Å². The lowest BCUT2D eigenvalue weighted by Crippen LogP contribution is -2.16. The third-order valence-corrected chi connectivity index (χ3v) is 1.88. The maximum Gasteiger partial charge on any atom is 0.108 e. The molecule has 1 aliphatic carbocycles. The topological polar surface area (TPSA) is 20.2 Å². The molecular formula is C6H11BO. The van der Waals surface area contributed by atoms with E-state index in [0.29, 0.717) is 5.92 Å². The van der Waals surface area contributed by atoms with Gasteiger partial charge in [0, 0.05) is 6.00 Å². The Morgan fingerprint density at radius 2 is 1.88 bits per heavy atom. The summed E-state index contributed by atoms with van der Waals surface area (Å²) in [6.07, 6.45) is 4.74. The van der Waals surface area contributed by atoms with E-state index in [9.17, 15) is 0 Å². The van der Waals surface area contributed by atoms with Crippen molar-refractivity contribution in [1.82, 2.24) is 0 Å². The van der Waals surface area contributed by atoms with E-state index >= 15 is 0 Å². The molecule has 1 rings (SSSR count). The zero-order chi connectivity index (χ0) is 5.98. The minimum Gasteiger partial charge on any atom is -0.403 e. The zero-order valence-electron chi connectivity index (χ0n) is 5.01. The third-order valence-electron chi connectivity index (χ3n) is 1.88. The van der Waals surface area contributed by atoms with E-state index < -0.39 is 6.00 Å². The van der Waals surface area contributed by atoms with Gasteiger partial charge in [-0.3, -0.25) is 0 Å². The first-order valence-corrected chi connectivity index (χ1v) is 3.24. The minimum absolute atomic E-state index is 0.398. The first kappa shape index (κ1) is 6.15. The Hall–Kier alpha value is 0.0249. The lowest BCUT2D eigenvalue weighted by molar-refractivity contribution is 0.187. The van der Waals surface area contributed by atoms with Crippen molar-refractivity contribution in [2.45, 2.75) is 31.7 Å². The second-order valence-corrected chi connectivity index (χ2v) is 2.54. The van der Waals surface area contributed by atoms with Crippen LogP contribution < -0.4 is 0 Å². The normalized spacial score (nSPS) is 26.1. The molecule has 1 saturated carbocycles. The standard InChI is InChI=1S/C6H11BO/c7-6(8)5-3-1-2-4-5/h5-6,8H,1-4H2. The van der Waals surface area contributed by atoms with Crippen LogP contribution >= 0.6 is 0 Å². The van der Waals surface area contributed by atoms with Crippen LogP contribution in [0.1, 0.15) is 25.7 Å². The summed E-state index contributed by atoms with van der Waals surface area (Å²) in [5, 5.41) is 8.83. The Kier molecular flexibility index (Phi) is 1.95. The third kappa shape index (κ3) is 1.25. The van der Waals surface area contributed by atoms with Crippen LogP contribution in [0.15, 0.2) is 0 Å². The van der Waals surface area contributed by atoms with Gasteiger partial charge in [-0.1, -0.05) is 12.8 Å². The first-order valence-electron chi connectivity index (χ1n) is 3.24. The molecule has 0 aromatic rings. The van der Waals surface area contributed by atoms with Gasteiger partial charge in [0.05, 0.1) is 0 Å². The lowest BCUT2D eigenvalue weighted by atomic mass is 9.86. The van der Waals surface area contributed by atoms with Crippen LogP contribution in [-0.2, 0) is 0 Å². The van der Waals surface area contributed by atoms with Crippen molar-refractivity contribution in [3.05, 3.63) is 0 Å². The van der Waals surface area contributed by atoms with Crippen molar-refractivity contribution in [2.75, 3.05) is 0 Å². The lowest BCUT2D eigenvalue weighted by Gasteiger charge is -2.10. The summed E-state index contributed by atoms with van der Waals surface area (Å²) in [6.45, 7) is 0. The fraction of sp³-hybridized carbons (Fsp3) is 1.00. The summed E-state index contributed by atoms with van der Waals surface area (Å²) in [5.74, 6) is 0.398. The zero-order valence-corrected chi connectivity index (χ0v) is 5.01. The highest BCUT2D eigenvalue weighted by Gasteiger charge is 2.18. The monoisotopic (exact) mass is 110 g/mol. The largest absolute Gasteiger partial charge is 0.403 e. The number of rotatable bonds is 1. The van der Waals surface area contributed by atoms with Gasteiger partial charge in [0.2, 0.25) is 0 Å². The number of hydrogen-bond acceptors (Lipinski definition) is 1. The average molecular weight is 110 g/mol. The van der Waals surface area contributed by atoms with Crippen molar-refractivity contribution in [3.63, 3.8) is 0 Å². The van der Waals surface area contributed by atoms with E-state index in [-0.39, 0.29) is 0 Å². The van der Waals surface area contributed by atoms with Gasteiger partial charge in [0.25, 0.3) is 0 Å². The summed E-state index contributed by atoms with van der Waals surface area (Å²) in [4.78, 5) is 0. The van der Waals surface area contributed by atoms with Gasteiger partial charge in [0.1, 0.15) is 7.85 Å². The fourth-order valence-electron chi connectivity index (χ4n) is 1.30. The molecule has 0 saturated heterocycles. The molecule has 1 aliphatic rings. The van der Waals surface area contributed by atoms with Crippen LogP contribution in [0.3, 0.4) is 0 Å². The summed E-state index contributed by atoms with van der Waals surface area (Å²) < 4.78 is 0. The average Bonchev–Trinajstić information content (AvgIpc) is 2.12. The Bertz CT molecular complexity index is 66.9. The molecule has 1 nitrogen and oxygen atoms in total. The smallest absolute Gasteiger partial charge is 0.108 e. The fourth-order valence-corrected chi connectivity index (χ4v) is 1.30. The molecule has 0 heterocycles. The van der Waals surface area contributed by atoms with Crippen molar-refractivity contribution < 1.29 is 5.11 Å². The molecule has 1 atom stereocenters. The van der Waals surface area contributed by atoms with E-state index in [1.165, 1.54) is 12.8 Å². The van der Waals surface area contributed by atoms with Crippen molar-refractivity contribution in [1.29, 1.82) is 0 Å². The Labute approximate surface area is 51.5 Å². The van der Waals surface area contributed by atoms with E-state index in [2.05, 4.69) is 0 Å². The SMILES string of the molecule is [B]C(O)C1CCCC1. The molecule has 0 bridgehead atoms. The molecule has 0 aliphatic heterocycles. The van der Waals surface area contributed by atoms with Gasteiger partial charge in [-0.15, -0.1) is 0 Å². The molecule has 2 radical (unpaired) electrons. The second kappa shape index (κ2) is 2.54. The molecule has 1 N–H and O–H groups in total. The van der Waals surface area contributed by atoms with Crippen LogP contribution in [0.2, 0.25) is 0 Å². The molecule has 1 fully saturated rings.